The number of hydrogen-bond donors (Lipinski definition) is 1. The Kier molecular flexibility index (Phi) is 4.17. The van der Waals surface area contributed by atoms with Crippen molar-refractivity contribution < 1.29 is 9.53 Å². The maximum Gasteiger partial charge on any atom is 0.253 e. The summed E-state index contributed by atoms with van der Waals surface area (Å²) in [4.78, 5) is 13.8. The zero-order valence-corrected chi connectivity index (χ0v) is 9.99. The third kappa shape index (κ3) is 2.45. The van der Waals surface area contributed by atoms with Gasteiger partial charge in [0, 0.05) is 18.7 Å². The van der Waals surface area contributed by atoms with Crippen molar-refractivity contribution >= 4 is 11.6 Å². The Labute approximate surface area is 96.0 Å². The summed E-state index contributed by atoms with van der Waals surface area (Å²) in [5, 5.41) is 0. The van der Waals surface area contributed by atoms with Crippen molar-refractivity contribution in [1.29, 1.82) is 0 Å². The molecule has 0 unspecified atom stereocenters. The highest BCUT2D eigenvalue weighted by Crippen LogP contribution is 2.22. The van der Waals surface area contributed by atoms with E-state index in [2.05, 4.69) is 0 Å². The van der Waals surface area contributed by atoms with Crippen LogP contribution in [0.3, 0.4) is 0 Å². The second kappa shape index (κ2) is 5.39. The molecule has 0 saturated heterocycles. The Bertz CT molecular complexity index is 373. The van der Waals surface area contributed by atoms with Crippen molar-refractivity contribution in [3.8, 4) is 5.75 Å². The van der Waals surface area contributed by atoms with Crippen LogP contribution in [-0.2, 0) is 0 Å². The number of benzene rings is 1. The number of ether oxygens (including phenoxy) is 1. The minimum absolute atomic E-state index is 0.00306. The van der Waals surface area contributed by atoms with E-state index in [1.165, 1.54) is 7.11 Å². The largest absolute Gasteiger partial charge is 0.495 e. The molecular weight excluding hydrogens is 204 g/mol. The van der Waals surface area contributed by atoms with Crippen LogP contribution >= 0.6 is 0 Å². The predicted octanol–water partition coefficient (Wildman–Crippen LogP) is 1.76. The minimum Gasteiger partial charge on any atom is -0.495 e. The zero-order valence-electron chi connectivity index (χ0n) is 9.99. The van der Waals surface area contributed by atoms with Gasteiger partial charge in [0.05, 0.1) is 12.8 Å². The quantitative estimate of drug-likeness (QED) is 0.790. The van der Waals surface area contributed by atoms with Crippen LogP contribution in [0.5, 0.6) is 5.75 Å². The fourth-order valence-corrected chi connectivity index (χ4v) is 1.54. The molecule has 0 fully saturated rings. The van der Waals surface area contributed by atoms with Crippen molar-refractivity contribution in [3.05, 3.63) is 23.8 Å². The molecule has 1 rings (SSSR count). The van der Waals surface area contributed by atoms with Gasteiger partial charge >= 0.3 is 0 Å². The standard InChI is InChI=1S/C12H18N2O2/c1-4-14(5-2)12(15)9-6-7-10(13)11(8-9)16-3/h6-8H,4-5,13H2,1-3H3. The lowest BCUT2D eigenvalue weighted by molar-refractivity contribution is 0.0772. The molecule has 16 heavy (non-hydrogen) atoms. The molecule has 1 aromatic carbocycles. The van der Waals surface area contributed by atoms with E-state index in [1.54, 1.807) is 23.1 Å². The van der Waals surface area contributed by atoms with Gasteiger partial charge in [0.2, 0.25) is 0 Å². The normalized spacial score (nSPS) is 9.94. The van der Waals surface area contributed by atoms with Crippen LogP contribution in [0, 0.1) is 0 Å². The van der Waals surface area contributed by atoms with Crippen LogP contribution in [0.4, 0.5) is 5.69 Å². The van der Waals surface area contributed by atoms with E-state index in [9.17, 15) is 4.79 Å². The highest BCUT2D eigenvalue weighted by Gasteiger charge is 2.13. The van der Waals surface area contributed by atoms with Gasteiger partial charge in [-0.2, -0.15) is 0 Å². The van der Waals surface area contributed by atoms with Gasteiger partial charge in [-0.3, -0.25) is 4.79 Å². The molecule has 0 aromatic heterocycles. The van der Waals surface area contributed by atoms with E-state index >= 15 is 0 Å². The van der Waals surface area contributed by atoms with Crippen LogP contribution in [0.2, 0.25) is 0 Å². The first-order chi connectivity index (χ1) is 7.63. The molecule has 0 atom stereocenters. The van der Waals surface area contributed by atoms with Crippen molar-refractivity contribution in [1.82, 2.24) is 4.90 Å². The summed E-state index contributed by atoms with van der Waals surface area (Å²) in [7, 11) is 1.54. The second-order valence-electron chi connectivity index (χ2n) is 3.43. The number of nitrogens with zero attached hydrogens (tertiary/aromatic N) is 1. The van der Waals surface area contributed by atoms with Gasteiger partial charge in [0.1, 0.15) is 5.75 Å². The Morgan fingerprint density at radius 1 is 1.38 bits per heavy atom. The number of anilines is 1. The fourth-order valence-electron chi connectivity index (χ4n) is 1.54. The van der Waals surface area contributed by atoms with Gasteiger partial charge < -0.3 is 15.4 Å². The number of carbonyl (C=O) groups excluding carboxylic acids is 1. The Hall–Kier alpha value is -1.71. The molecule has 0 spiro atoms. The molecule has 0 aliphatic rings. The maximum absolute atomic E-state index is 12.0. The Balaban J connectivity index is 3.00. The van der Waals surface area contributed by atoms with E-state index in [0.717, 1.165) is 0 Å². The van der Waals surface area contributed by atoms with Crippen LogP contribution < -0.4 is 10.5 Å². The maximum atomic E-state index is 12.0. The van der Waals surface area contributed by atoms with Crippen molar-refractivity contribution in [2.75, 3.05) is 25.9 Å². The first kappa shape index (κ1) is 12.4. The summed E-state index contributed by atoms with van der Waals surface area (Å²) in [6.07, 6.45) is 0. The van der Waals surface area contributed by atoms with E-state index < -0.39 is 0 Å². The van der Waals surface area contributed by atoms with E-state index in [-0.39, 0.29) is 5.91 Å². The number of rotatable bonds is 4. The topological polar surface area (TPSA) is 55.6 Å². The minimum atomic E-state index is 0.00306. The molecule has 0 saturated carbocycles. The van der Waals surface area contributed by atoms with Crippen molar-refractivity contribution in [2.24, 2.45) is 0 Å². The summed E-state index contributed by atoms with van der Waals surface area (Å²) >= 11 is 0. The van der Waals surface area contributed by atoms with Gasteiger partial charge in [-0.15, -0.1) is 0 Å². The highest BCUT2D eigenvalue weighted by molar-refractivity contribution is 5.95. The van der Waals surface area contributed by atoms with E-state index in [4.69, 9.17) is 10.5 Å². The van der Waals surface area contributed by atoms with Crippen LogP contribution in [-0.4, -0.2) is 31.0 Å². The summed E-state index contributed by atoms with van der Waals surface area (Å²) in [6.45, 7) is 5.30. The molecule has 1 amide bonds. The lowest BCUT2D eigenvalue weighted by atomic mass is 10.1. The molecule has 1 aromatic rings. The first-order valence-electron chi connectivity index (χ1n) is 5.36. The van der Waals surface area contributed by atoms with E-state index in [0.29, 0.717) is 30.1 Å². The molecular formula is C12H18N2O2. The molecule has 0 heterocycles. The summed E-state index contributed by atoms with van der Waals surface area (Å²) in [6, 6.07) is 5.09. The molecule has 0 radical (unpaired) electrons. The van der Waals surface area contributed by atoms with Crippen molar-refractivity contribution in [3.63, 3.8) is 0 Å². The van der Waals surface area contributed by atoms with Gasteiger partial charge in [-0.05, 0) is 32.0 Å². The molecule has 0 aliphatic heterocycles. The van der Waals surface area contributed by atoms with Crippen LogP contribution in [0.25, 0.3) is 0 Å². The summed E-state index contributed by atoms with van der Waals surface area (Å²) < 4.78 is 5.09. The number of nitrogens with two attached hydrogens (primary N) is 1. The van der Waals surface area contributed by atoms with Crippen molar-refractivity contribution in [2.45, 2.75) is 13.8 Å². The highest BCUT2D eigenvalue weighted by atomic mass is 16.5. The number of carbonyl (C=O) groups is 1. The van der Waals surface area contributed by atoms with Crippen LogP contribution in [0.1, 0.15) is 24.2 Å². The third-order valence-corrected chi connectivity index (χ3v) is 2.53. The third-order valence-electron chi connectivity index (χ3n) is 2.53. The average molecular weight is 222 g/mol. The second-order valence-corrected chi connectivity index (χ2v) is 3.43. The van der Waals surface area contributed by atoms with E-state index in [1.807, 2.05) is 13.8 Å². The molecule has 88 valence electrons. The molecule has 0 aliphatic carbocycles. The number of amides is 1. The monoisotopic (exact) mass is 222 g/mol. The lowest BCUT2D eigenvalue weighted by Gasteiger charge is -2.19. The summed E-state index contributed by atoms with van der Waals surface area (Å²) in [5.74, 6) is 0.543. The number of hydrogen-bond acceptors (Lipinski definition) is 3. The number of methoxy groups -OCH3 is 1. The van der Waals surface area contributed by atoms with Gasteiger partial charge in [-0.1, -0.05) is 0 Å². The fraction of sp³-hybridized carbons (Fsp3) is 0.417. The summed E-state index contributed by atoms with van der Waals surface area (Å²) in [5.41, 5.74) is 6.84. The number of nitrogen functional groups attached to an aromatic ring is 1. The van der Waals surface area contributed by atoms with Gasteiger partial charge in [-0.25, -0.2) is 0 Å². The smallest absolute Gasteiger partial charge is 0.253 e. The average Bonchev–Trinajstić information content (AvgIpc) is 2.31. The Morgan fingerprint density at radius 2 is 2.00 bits per heavy atom. The zero-order chi connectivity index (χ0) is 12.1. The predicted molar refractivity (Wildman–Crippen MR) is 64.7 cm³/mol. The molecule has 2 N–H and O–H groups in total. The molecule has 0 bridgehead atoms. The lowest BCUT2D eigenvalue weighted by Crippen LogP contribution is -2.30. The molecule has 4 heteroatoms. The van der Waals surface area contributed by atoms with Crippen LogP contribution in [0.15, 0.2) is 18.2 Å². The SMILES string of the molecule is CCN(CC)C(=O)c1ccc(N)c(OC)c1. The Morgan fingerprint density at radius 3 is 2.50 bits per heavy atom. The molecule has 4 nitrogen and oxygen atoms in total. The van der Waals surface area contributed by atoms with Gasteiger partial charge in [0.25, 0.3) is 5.91 Å². The van der Waals surface area contributed by atoms with Gasteiger partial charge in [0.15, 0.2) is 0 Å². The first-order valence-corrected chi connectivity index (χ1v) is 5.36.